The van der Waals surface area contributed by atoms with Crippen LogP contribution >= 0.6 is 0 Å². The Labute approximate surface area is 46.7 Å². The van der Waals surface area contributed by atoms with Gasteiger partial charge in [0.15, 0.2) is 0 Å². The molecule has 0 heterocycles. The molecule has 0 amide bonds. The predicted molar refractivity (Wildman–Crippen MR) is 26.4 cm³/mol. The topological polar surface area (TPSA) is 98.7 Å². The van der Waals surface area contributed by atoms with Gasteiger partial charge in [0.25, 0.3) is 0 Å². The van der Waals surface area contributed by atoms with E-state index in [4.69, 9.17) is 21.1 Å². The second kappa shape index (κ2) is 2.95. The maximum atomic E-state index is 8.09. The fourth-order valence-electron chi connectivity index (χ4n) is 0.240. The average molecular weight is 122 g/mol. The molecule has 0 rings (SSSR count). The molecule has 0 bridgehead atoms. The van der Waals surface area contributed by atoms with Crippen molar-refractivity contribution in [1.29, 1.82) is 0 Å². The summed E-state index contributed by atoms with van der Waals surface area (Å²) in [6, 6.07) is 0. The zero-order valence-electron chi connectivity index (χ0n) is 4.33. The van der Waals surface area contributed by atoms with E-state index in [1.165, 1.54) is 0 Å². The molecule has 0 aromatic heterocycles. The van der Waals surface area contributed by atoms with Crippen molar-refractivity contribution in [3.05, 3.63) is 0 Å². The molecule has 0 aliphatic rings. The molecule has 0 saturated carbocycles. The summed E-state index contributed by atoms with van der Waals surface area (Å²) >= 11 is 0. The van der Waals surface area contributed by atoms with Crippen molar-refractivity contribution >= 4 is 0 Å². The summed E-state index contributed by atoms with van der Waals surface area (Å²) in [5, 5.41) is 26.2. The molecule has 5 nitrogen and oxygen atoms in total. The highest BCUT2D eigenvalue weighted by Gasteiger charge is 2.14. The van der Waals surface area contributed by atoms with Crippen LogP contribution in [0.25, 0.3) is 0 Å². The molecule has 0 aromatic rings. The monoisotopic (exact) mass is 122 g/mol. The molecule has 0 atom stereocenters. The maximum Gasteiger partial charge on any atom is 0.343 e. The van der Waals surface area contributed by atoms with Gasteiger partial charge in [0, 0.05) is 13.1 Å². The first kappa shape index (κ1) is 7.80. The maximum absolute atomic E-state index is 8.09. The normalized spacial score (nSPS) is 12.0. The third-order valence-corrected chi connectivity index (χ3v) is 0.507. The lowest BCUT2D eigenvalue weighted by Crippen LogP contribution is -2.46. The molecule has 0 unspecified atom stereocenters. The second-order valence-electron chi connectivity index (χ2n) is 1.35. The van der Waals surface area contributed by atoms with Crippen LogP contribution in [0.1, 0.15) is 0 Å². The molecule has 0 aromatic carbocycles. The largest absolute Gasteiger partial charge is 0.343 e. The zero-order chi connectivity index (χ0) is 6.62. The van der Waals surface area contributed by atoms with Crippen molar-refractivity contribution in [3.63, 3.8) is 0 Å². The van der Waals surface area contributed by atoms with Gasteiger partial charge in [-0.1, -0.05) is 0 Å². The molecule has 5 heteroatoms. The molecule has 0 aliphatic carbocycles. The molecule has 0 fully saturated rings. The Bertz CT molecular complexity index is 60.0. The summed E-state index contributed by atoms with van der Waals surface area (Å²) < 4.78 is 0. The first-order valence-corrected chi connectivity index (χ1v) is 2.18. The fraction of sp³-hybridized carbons (Fsp3) is 1.00. The minimum Gasteiger partial charge on any atom is -0.330 e. The number of nitrogens with one attached hydrogen (secondary N) is 1. The lowest BCUT2D eigenvalue weighted by atomic mass is 10.6. The Morgan fingerprint density at radius 3 is 2.00 bits per heavy atom. The number of rotatable bonds is 3. The number of nitrogens with two attached hydrogens (primary N) is 1. The first-order valence-electron chi connectivity index (χ1n) is 2.18. The van der Waals surface area contributed by atoms with Gasteiger partial charge < -0.3 is 21.1 Å². The molecular formula is C3H10N2O3. The predicted octanol–water partition coefficient (Wildman–Crippen LogP) is -2.88. The van der Waals surface area contributed by atoms with Crippen molar-refractivity contribution in [2.45, 2.75) is 6.10 Å². The van der Waals surface area contributed by atoms with Crippen molar-refractivity contribution in [1.82, 2.24) is 5.32 Å². The van der Waals surface area contributed by atoms with Crippen molar-refractivity contribution in [3.8, 4) is 0 Å². The zero-order valence-corrected chi connectivity index (χ0v) is 4.33. The van der Waals surface area contributed by atoms with Crippen LogP contribution < -0.4 is 11.1 Å². The van der Waals surface area contributed by atoms with E-state index >= 15 is 0 Å². The summed E-state index contributed by atoms with van der Waals surface area (Å²) in [5.41, 5.74) is 4.94. The van der Waals surface area contributed by atoms with Crippen LogP contribution in [-0.4, -0.2) is 34.5 Å². The van der Waals surface area contributed by atoms with Gasteiger partial charge >= 0.3 is 6.10 Å². The molecule has 0 aliphatic heterocycles. The first-order chi connectivity index (χ1) is 3.56. The molecule has 6 N–H and O–H groups in total. The summed E-state index contributed by atoms with van der Waals surface area (Å²) in [6.45, 7) is 0.396. The van der Waals surface area contributed by atoms with E-state index in [-0.39, 0.29) is 13.1 Å². The molecule has 0 saturated heterocycles. The van der Waals surface area contributed by atoms with Crippen LogP contribution in [0, 0.1) is 0 Å². The summed E-state index contributed by atoms with van der Waals surface area (Å²) in [4.78, 5) is 0. The Balaban J connectivity index is 3.11. The van der Waals surface area contributed by atoms with E-state index in [9.17, 15) is 0 Å². The number of aliphatic hydroxyl groups is 3. The van der Waals surface area contributed by atoms with Crippen LogP contribution in [0.15, 0.2) is 0 Å². The third-order valence-electron chi connectivity index (χ3n) is 0.507. The Morgan fingerprint density at radius 1 is 1.38 bits per heavy atom. The van der Waals surface area contributed by atoms with Crippen molar-refractivity contribution < 1.29 is 15.3 Å². The van der Waals surface area contributed by atoms with E-state index in [1.54, 1.807) is 0 Å². The quantitative estimate of drug-likeness (QED) is 0.259. The van der Waals surface area contributed by atoms with Gasteiger partial charge in [-0.05, 0) is 0 Å². The summed E-state index contributed by atoms with van der Waals surface area (Å²) in [7, 11) is 0. The molecule has 0 radical (unpaired) electrons. The Kier molecular flexibility index (Phi) is 2.88. The lowest BCUT2D eigenvalue weighted by molar-refractivity contribution is -0.330. The SMILES string of the molecule is NCCNC(O)(O)O. The van der Waals surface area contributed by atoms with Gasteiger partial charge in [0.05, 0.1) is 0 Å². The smallest absolute Gasteiger partial charge is 0.330 e. The van der Waals surface area contributed by atoms with E-state index in [2.05, 4.69) is 0 Å². The van der Waals surface area contributed by atoms with Crippen LogP contribution in [0.3, 0.4) is 0 Å². The van der Waals surface area contributed by atoms with Gasteiger partial charge in [-0.15, -0.1) is 0 Å². The number of hydrogen-bond donors (Lipinski definition) is 5. The van der Waals surface area contributed by atoms with Crippen LogP contribution in [-0.2, 0) is 0 Å². The van der Waals surface area contributed by atoms with Gasteiger partial charge in [-0.25, -0.2) is 5.32 Å². The highest BCUT2D eigenvalue weighted by molar-refractivity contribution is 4.45. The molecule has 8 heavy (non-hydrogen) atoms. The number of hydrogen-bond acceptors (Lipinski definition) is 5. The van der Waals surface area contributed by atoms with Gasteiger partial charge in [-0.2, -0.15) is 0 Å². The Hall–Kier alpha value is -0.200. The minimum atomic E-state index is -2.78. The fourth-order valence-corrected chi connectivity index (χ4v) is 0.240. The van der Waals surface area contributed by atoms with Gasteiger partial charge in [-0.3, -0.25) is 0 Å². The molecule has 50 valence electrons. The van der Waals surface area contributed by atoms with Crippen LogP contribution in [0.4, 0.5) is 0 Å². The lowest BCUT2D eigenvalue weighted by Gasteiger charge is -2.13. The standard InChI is InChI=1S/C3H10N2O3/c4-1-2-5-3(6,7)8/h5-8H,1-2,4H2. The highest BCUT2D eigenvalue weighted by Crippen LogP contribution is 1.80. The summed E-state index contributed by atoms with van der Waals surface area (Å²) in [5.74, 6) is 0. The van der Waals surface area contributed by atoms with Gasteiger partial charge in [0.2, 0.25) is 0 Å². The summed E-state index contributed by atoms with van der Waals surface area (Å²) in [6.07, 6.45) is -2.78. The molecular weight excluding hydrogens is 112 g/mol. The van der Waals surface area contributed by atoms with E-state index in [1.807, 2.05) is 5.32 Å². The Morgan fingerprint density at radius 2 is 1.88 bits per heavy atom. The van der Waals surface area contributed by atoms with Crippen molar-refractivity contribution in [2.75, 3.05) is 13.1 Å². The van der Waals surface area contributed by atoms with Crippen LogP contribution in [0.2, 0.25) is 0 Å². The minimum absolute atomic E-state index is 0.156. The third kappa shape index (κ3) is 5.80. The highest BCUT2D eigenvalue weighted by atomic mass is 16.7. The van der Waals surface area contributed by atoms with Gasteiger partial charge in [0.1, 0.15) is 0 Å². The van der Waals surface area contributed by atoms with E-state index in [0.29, 0.717) is 0 Å². The van der Waals surface area contributed by atoms with E-state index < -0.39 is 6.10 Å². The molecule has 0 spiro atoms. The van der Waals surface area contributed by atoms with Crippen LogP contribution in [0.5, 0.6) is 0 Å². The van der Waals surface area contributed by atoms with E-state index in [0.717, 1.165) is 0 Å². The average Bonchev–Trinajstić information content (AvgIpc) is 1.59. The van der Waals surface area contributed by atoms with Crippen molar-refractivity contribution in [2.24, 2.45) is 5.73 Å². The second-order valence-corrected chi connectivity index (χ2v) is 1.35.